The van der Waals surface area contributed by atoms with E-state index in [9.17, 15) is 8.42 Å². The van der Waals surface area contributed by atoms with Gasteiger partial charge >= 0.3 is 0 Å². The van der Waals surface area contributed by atoms with Gasteiger partial charge in [-0.15, -0.1) is 0 Å². The summed E-state index contributed by atoms with van der Waals surface area (Å²) in [6, 6.07) is 7.62. The van der Waals surface area contributed by atoms with E-state index in [0.717, 1.165) is 44.2 Å². The molecule has 0 aliphatic heterocycles. The fourth-order valence-electron chi connectivity index (χ4n) is 2.77. The van der Waals surface area contributed by atoms with Gasteiger partial charge in [0.2, 0.25) is 10.0 Å². The third-order valence-corrected chi connectivity index (χ3v) is 5.60. The summed E-state index contributed by atoms with van der Waals surface area (Å²) in [7, 11) is -3.38. The Morgan fingerprint density at radius 3 is 2.19 bits per heavy atom. The van der Waals surface area contributed by atoms with Gasteiger partial charge in [-0.05, 0) is 57.7 Å². The summed E-state index contributed by atoms with van der Waals surface area (Å²) >= 11 is 0. The molecule has 1 saturated carbocycles. The smallest absolute Gasteiger partial charge is 0.240 e. The van der Waals surface area contributed by atoms with E-state index in [1.165, 1.54) is 0 Å². The third-order valence-electron chi connectivity index (χ3n) is 4.06. The minimum atomic E-state index is -3.38. The van der Waals surface area contributed by atoms with E-state index in [2.05, 4.69) is 17.0 Å². The highest BCUT2D eigenvalue weighted by Gasteiger charge is 2.25. The lowest BCUT2D eigenvalue weighted by atomic mass is 9.92. The number of sulfonamides is 1. The Morgan fingerprint density at radius 2 is 1.62 bits per heavy atom. The van der Waals surface area contributed by atoms with Crippen molar-refractivity contribution in [2.24, 2.45) is 0 Å². The van der Waals surface area contributed by atoms with Crippen LogP contribution in [0.1, 0.15) is 44.6 Å². The molecule has 0 bridgehead atoms. The minimum Gasteiger partial charge on any atom is -0.314 e. The lowest BCUT2D eigenvalue weighted by Crippen LogP contribution is -2.42. The first-order valence-corrected chi connectivity index (χ1v) is 9.32. The van der Waals surface area contributed by atoms with Gasteiger partial charge in [0.05, 0.1) is 4.90 Å². The molecule has 1 fully saturated rings. The van der Waals surface area contributed by atoms with Crippen LogP contribution in [0.3, 0.4) is 0 Å². The van der Waals surface area contributed by atoms with Crippen molar-refractivity contribution in [3.8, 4) is 0 Å². The molecular weight excluding hydrogens is 284 g/mol. The number of hydrogen-bond donors (Lipinski definition) is 2. The first-order valence-electron chi connectivity index (χ1n) is 7.83. The molecule has 0 saturated heterocycles. The molecule has 0 radical (unpaired) electrons. The molecule has 5 heteroatoms. The van der Waals surface area contributed by atoms with Crippen LogP contribution in [0.15, 0.2) is 29.2 Å². The molecule has 21 heavy (non-hydrogen) atoms. The van der Waals surface area contributed by atoms with Crippen molar-refractivity contribution >= 4 is 10.0 Å². The van der Waals surface area contributed by atoms with Gasteiger partial charge in [0.1, 0.15) is 0 Å². The van der Waals surface area contributed by atoms with Crippen molar-refractivity contribution in [2.45, 2.75) is 62.9 Å². The van der Waals surface area contributed by atoms with Crippen LogP contribution >= 0.6 is 0 Å². The van der Waals surface area contributed by atoms with Crippen molar-refractivity contribution in [1.82, 2.24) is 10.0 Å². The molecule has 1 aromatic carbocycles. The van der Waals surface area contributed by atoms with E-state index in [0.29, 0.717) is 10.9 Å². The average Bonchev–Trinajstić information content (AvgIpc) is 2.47. The highest BCUT2D eigenvalue weighted by Crippen LogP contribution is 2.21. The maximum absolute atomic E-state index is 12.3. The summed E-state index contributed by atoms with van der Waals surface area (Å²) in [5.74, 6) is 0. The number of rotatable bonds is 6. The van der Waals surface area contributed by atoms with Crippen LogP contribution in [0.25, 0.3) is 0 Å². The summed E-state index contributed by atoms with van der Waals surface area (Å²) in [6.45, 7) is 5.16. The van der Waals surface area contributed by atoms with Crippen LogP contribution in [0.4, 0.5) is 0 Å². The summed E-state index contributed by atoms with van der Waals surface area (Å²) in [5.41, 5.74) is 1.07. The van der Waals surface area contributed by atoms with Crippen LogP contribution < -0.4 is 10.0 Å². The van der Waals surface area contributed by atoms with Gasteiger partial charge in [0, 0.05) is 12.1 Å². The number of aryl methyl sites for hydroxylation is 1. The van der Waals surface area contributed by atoms with Crippen molar-refractivity contribution in [3.63, 3.8) is 0 Å². The Kier molecular flexibility index (Phi) is 5.79. The van der Waals surface area contributed by atoms with Crippen molar-refractivity contribution < 1.29 is 8.42 Å². The van der Waals surface area contributed by atoms with Crippen molar-refractivity contribution in [2.75, 3.05) is 6.54 Å². The number of hydrogen-bond acceptors (Lipinski definition) is 3. The predicted molar refractivity (Wildman–Crippen MR) is 85.8 cm³/mol. The van der Waals surface area contributed by atoms with Crippen LogP contribution in [0.2, 0.25) is 0 Å². The predicted octanol–water partition coefficient (Wildman–Crippen LogP) is 2.58. The summed E-state index contributed by atoms with van der Waals surface area (Å²) in [5, 5.41) is 3.52. The largest absolute Gasteiger partial charge is 0.314 e. The molecule has 0 heterocycles. The Labute approximate surface area is 128 Å². The SMILES string of the molecule is CCCNC1CCC(NS(=O)(=O)c2ccc(C)cc2)CC1. The van der Waals surface area contributed by atoms with Crippen LogP contribution in [-0.4, -0.2) is 27.0 Å². The fourth-order valence-corrected chi connectivity index (χ4v) is 4.07. The normalized spacial score (nSPS) is 23.1. The summed E-state index contributed by atoms with van der Waals surface area (Å²) < 4.78 is 27.5. The van der Waals surface area contributed by atoms with E-state index in [4.69, 9.17) is 0 Å². The van der Waals surface area contributed by atoms with Gasteiger partial charge < -0.3 is 5.32 Å². The highest BCUT2D eigenvalue weighted by molar-refractivity contribution is 7.89. The van der Waals surface area contributed by atoms with Gasteiger partial charge in [0.25, 0.3) is 0 Å². The van der Waals surface area contributed by atoms with Crippen LogP contribution in [0.5, 0.6) is 0 Å². The zero-order valence-electron chi connectivity index (χ0n) is 12.9. The van der Waals surface area contributed by atoms with E-state index in [1.54, 1.807) is 12.1 Å². The molecule has 0 unspecified atom stereocenters. The molecule has 118 valence electrons. The second-order valence-electron chi connectivity index (χ2n) is 5.94. The topological polar surface area (TPSA) is 58.2 Å². The van der Waals surface area contributed by atoms with Gasteiger partial charge in [-0.25, -0.2) is 13.1 Å². The van der Waals surface area contributed by atoms with Crippen molar-refractivity contribution in [3.05, 3.63) is 29.8 Å². The number of benzene rings is 1. The Bertz CT molecular complexity index is 532. The molecule has 0 amide bonds. The quantitative estimate of drug-likeness (QED) is 0.849. The first-order chi connectivity index (χ1) is 10.0. The van der Waals surface area contributed by atoms with Gasteiger partial charge in [-0.3, -0.25) is 0 Å². The fraction of sp³-hybridized carbons (Fsp3) is 0.625. The monoisotopic (exact) mass is 310 g/mol. The van der Waals surface area contributed by atoms with Gasteiger partial charge in [-0.2, -0.15) is 0 Å². The van der Waals surface area contributed by atoms with Gasteiger partial charge in [0.15, 0.2) is 0 Å². The van der Waals surface area contributed by atoms with Crippen molar-refractivity contribution in [1.29, 1.82) is 0 Å². The van der Waals surface area contributed by atoms with E-state index in [-0.39, 0.29) is 6.04 Å². The second-order valence-corrected chi connectivity index (χ2v) is 7.65. The van der Waals surface area contributed by atoms with Crippen LogP contribution in [0, 0.1) is 6.92 Å². The Balaban J connectivity index is 1.89. The van der Waals surface area contributed by atoms with Crippen LogP contribution in [-0.2, 0) is 10.0 Å². The van der Waals surface area contributed by atoms with E-state index in [1.807, 2.05) is 19.1 Å². The van der Waals surface area contributed by atoms with E-state index < -0.39 is 10.0 Å². The molecule has 1 aliphatic rings. The molecule has 1 aliphatic carbocycles. The molecule has 4 nitrogen and oxygen atoms in total. The first kappa shape index (κ1) is 16.5. The standard InChI is InChI=1S/C16H26N2O2S/c1-3-12-17-14-6-8-15(9-7-14)18-21(19,20)16-10-4-13(2)5-11-16/h4-5,10-11,14-15,17-18H,3,6-9,12H2,1-2H3. The maximum Gasteiger partial charge on any atom is 0.240 e. The number of nitrogens with one attached hydrogen (secondary N) is 2. The molecule has 2 N–H and O–H groups in total. The lowest BCUT2D eigenvalue weighted by Gasteiger charge is -2.29. The third kappa shape index (κ3) is 4.80. The Hall–Kier alpha value is -0.910. The highest BCUT2D eigenvalue weighted by atomic mass is 32.2. The molecule has 1 aromatic rings. The maximum atomic E-state index is 12.3. The summed E-state index contributed by atoms with van der Waals surface area (Å²) in [6.07, 6.45) is 5.04. The second kappa shape index (κ2) is 7.38. The molecule has 0 atom stereocenters. The molecule has 2 rings (SSSR count). The van der Waals surface area contributed by atoms with Gasteiger partial charge in [-0.1, -0.05) is 24.6 Å². The lowest BCUT2D eigenvalue weighted by molar-refractivity contribution is 0.330. The average molecular weight is 310 g/mol. The molecule has 0 spiro atoms. The molecule has 0 aromatic heterocycles. The zero-order chi connectivity index (χ0) is 15.3. The summed E-state index contributed by atoms with van der Waals surface area (Å²) in [4.78, 5) is 0.360. The van der Waals surface area contributed by atoms with E-state index >= 15 is 0 Å². The zero-order valence-corrected chi connectivity index (χ0v) is 13.7. The Morgan fingerprint density at radius 1 is 1.05 bits per heavy atom. The molecular formula is C16H26N2O2S. The minimum absolute atomic E-state index is 0.0657.